The van der Waals surface area contributed by atoms with Crippen molar-refractivity contribution < 1.29 is 24.5 Å². The van der Waals surface area contributed by atoms with Crippen molar-refractivity contribution in [2.45, 2.75) is 19.8 Å². The highest BCUT2D eigenvalue weighted by molar-refractivity contribution is 6.01. The molecule has 5 nitrogen and oxygen atoms in total. The van der Waals surface area contributed by atoms with Gasteiger partial charge in [0.1, 0.15) is 0 Å². The van der Waals surface area contributed by atoms with Crippen LogP contribution < -0.4 is 9.47 Å². The maximum absolute atomic E-state index is 12.7. The highest BCUT2D eigenvalue weighted by Crippen LogP contribution is 2.47. The number of ketones is 1. The third-order valence-corrected chi connectivity index (χ3v) is 5.24. The number of benzene rings is 2. The van der Waals surface area contributed by atoms with Crippen LogP contribution in [0.5, 0.6) is 23.0 Å². The van der Waals surface area contributed by atoms with Gasteiger partial charge in [0.15, 0.2) is 28.8 Å². The molecule has 2 N–H and O–H groups in total. The van der Waals surface area contributed by atoms with Gasteiger partial charge >= 0.3 is 0 Å². The number of phenolic OH excluding ortho intramolecular Hbond substituents is 2. The molecule has 5 heteroatoms. The molecule has 25 heavy (non-hydrogen) atoms. The summed E-state index contributed by atoms with van der Waals surface area (Å²) in [7, 11) is 2.99. The highest BCUT2D eigenvalue weighted by atomic mass is 16.5. The Morgan fingerprint density at radius 1 is 0.920 bits per heavy atom. The molecule has 0 fully saturated rings. The van der Waals surface area contributed by atoms with E-state index in [1.54, 1.807) is 18.2 Å². The van der Waals surface area contributed by atoms with E-state index in [9.17, 15) is 15.0 Å². The molecule has 3 rings (SSSR count). The van der Waals surface area contributed by atoms with Gasteiger partial charge in [0.25, 0.3) is 0 Å². The first-order valence-electron chi connectivity index (χ1n) is 8.21. The molecular weight excluding hydrogens is 320 g/mol. The molecule has 0 saturated heterocycles. The largest absolute Gasteiger partial charge is 0.504 e. The lowest BCUT2D eigenvalue weighted by molar-refractivity contribution is 0.0865. The predicted molar refractivity (Wildman–Crippen MR) is 93.8 cm³/mol. The number of carbonyl (C=O) groups excluding carboxylic acids is 1. The van der Waals surface area contributed by atoms with Gasteiger partial charge in [-0.3, -0.25) is 4.79 Å². The first kappa shape index (κ1) is 17.1. The smallest absolute Gasteiger partial charge is 0.166 e. The van der Waals surface area contributed by atoms with Crippen LogP contribution in [0.1, 0.15) is 41.3 Å². The van der Waals surface area contributed by atoms with Crippen LogP contribution >= 0.6 is 0 Å². The maximum Gasteiger partial charge on any atom is 0.166 e. The Hall–Kier alpha value is -2.69. The summed E-state index contributed by atoms with van der Waals surface area (Å²) in [6.45, 7) is 3.94. The van der Waals surface area contributed by atoms with E-state index in [0.29, 0.717) is 17.1 Å². The number of rotatable bonds is 3. The molecule has 0 bridgehead atoms. The predicted octanol–water partition coefficient (Wildman–Crippen LogP) is 3.72. The highest BCUT2D eigenvalue weighted by Gasteiger charge is 2.39. The Bertz CT molecular complexity index is 827. The number of fused-ring (bicyclic) bond motifs is 1. The number of hydrogen-bond donors (Lipinski definition) is 2. The fraction of sp³-hybridized carbons (Fsp3) is 0.350. The van der Waals surface area contributed by atoms with Crippen LogP contribution in [-0.4, -0.2) is 30.2 Å². The molecule has 0 saturated carbocycles. The van der Waals surface area contributed by atoms with Gasteiger partial charge in [0.2, 0.25) is 0 Å². The van der Waals surface area contributed by atoms with Crippen molar-refractivity contribution >= 4 is 5.78 Å². The van der Waals surface area contributed by atoms with E-state index in [1.165, 1.54) is 20.3 Å². The van der Waals surface area contributed by atoms with Crippen LogP contribution in [-0.2, 0) is 0 Å². The molecule has 0 aromatic heterocycles. The van der Waals surface area contributed by atoms with Gasteiger partial charge in [-0.05, 0) is 41.3 Å². The van der Waals surface area contributed by atoms with Crippen LogP contribution in [0, 0.1) is 11.8 Å². The molecule has 0 heterocycles. The standard InChI is InChI=1S/C20H22O5/c1-10-11(2)20(23)14-8-16(22)18(25-4)9-13(14)19(10)12-5-6-15(21)17(7-12)24-3/h5-11,19,21-22H,1-4H3/t10-,11+,19-/m1/s1. The van der Waals surface area contributed by atoms with Gasteiger partial charge in [-0.25, -0.2) is 0 Å². The van der Waals surface area contributed by atoms with Crippen LogP contribution in [0.2, 0.25) is 0 Å². The molecular formula is C20H22O5. The van der Waals surface area contributed by atoms with Gasteiger partial charge in [-0.1, -0.05) is 19.9 Å². The zero-order valence-electron chi connectivity index (χ0n) is 14.7. The lowest BCUT2D eigenvalue weighted by Crippen LogP contribution is -2.32. The number of carbonyl (C=O) groups is 1. The van der Waals surface area contributed by atoms with Gasteiger partial charge in [-0.15, -0.1) is 0 Å². The first-order valence-corrected chi connectivity index (χ1v) is 8.21. The zero-order chi connectivity index (χ0) is 18.3. The Labute approximate surface area is 146 Å². The summed E-state index contributed by atoms with van der Waals surface area (Å²) in [4.78, 5) is 12.7. The first-order chi connectivity index (χ1) is 11.9. The third-order valence-electron chi connectivity index (χ3n) is 5.24. The van der Waals surface area contributed by atoms with E-state index in [-0.39, 0.29) is 35.0 Å². The van der Waals surface area contributed by atoms with Gasteiger partial charge in [0.05, 0.1) is 14.2 Å². The number of phenols is 2. The molecule has 132 valence electrons. The van der Waals surface area contributed by atoms with Gasteiger partial charge in [0, 0.05) is 17.4 Å². The molecule has 2 aromatic carbocycles. The van der Waals surface area contributed by atoms with E-state index in [1.807, 2.05) is 19.9 Å². The quantitative estimate of drug-likeness (QED) is 0.889. The summed E-state index contributed by atoms with van der Waals surface area (Å²) in [5, 5.41) is 20.0. The monoisotopic (exact) mass is 342 g/mol. The summed E-state index contributed by atoms with van der Waals surface area (Å²) in [5.74, 6) is 0.550. The van der Waals surface area contributed by atoms with E-state index < -0.39 is 0 Å². The van der Waals surface area contributed by atoms with Crippen molar-refractivity contribution in [1.29, 1.82) is 0 Å². The van der Waals surface area contributed by atoms with Crippen molar-refractivity contribution in [2.24, 2.45) is 11.8 Å². The summed E-state index contributed by atoms with van der Waals surface area (Å²) in [6, 6.07) is 8.45. The number of Topliss-reactive ketones (excluding diaryl/α,β-unsaturated/α-hetero) is 1. The minimum Gasteiger partial charge on any atom is -0.504 e. The Morgan fingerprint density at radius 3 is 2.20 bits per heavy atom. The average molecular weight is 342 g/mol. The topological polar surface area (TPSA) is 76.0 Å². The van der Waals surface area contributed by atoms with E-state index in [0.717, 1.165) is 11.1 Å². The van der Waals surface area contributed by atoms with E-state index >= 15 is 0 Å². The molecule has 0 amide bonds. The Morgan fingerprint density at radius 2 is 1.56 bits per heavy atom. The van der Waals surface area contributed by atoms with Crippen LogP contribution in [0.25, 0.3) is 0 Å². The number of aromatic hydroxyl groups is 2. The van der Waals surface area contributed by atoms with Crippen molar-refractivity contribution in [1.82, 2.24) is 0 Å². The minimum absolute atomic E-state index is 0.0162. The molecule has 0 aliphatic heterocycles. The van der Waals surface area contributed by atoms with Crippen molar-refractivity contribution in [2.75, 3.05) is 14.2 Å². The van der Waals surface area contributed by atoms with Crippen molar-refractivity contribution in [3.63, 3.8) is 0 Å². The van der Waals surface area contributed by atoms with Crippen LogP contribution in [0.3, 0.4) is 0 Å². The second kappa shape index (κ2) is 6.31. The molecule has 0 unspecified atom stereocenters. The molecule has 3 atom stereocenters. The molecule has 0 spiro atoms. The Balaban J connectivity index is 2.23. The number of methoxy groups -OCH3 is 2. The fourth-order valence-corrected chi connectivity index (χ4v) is 3.65. The van der Waals surface area contributed by atoms with Gasteiger partial charge in [-0.2, -0.15) is 0 Å². The second-order valence-electron chi connectivity index (χ2n) is 6.53. The maximum atomic E-state index is 12.7. The van der Waals surface area contributed by atoms with E-state index in [4.69, 9.17) is 9.47 Å². The normalized spacial score (nSPS) is 22.4. The summed E-state index contributed by atoms with van der Waals surface area (Å²) < 4.78 is 10.5. The van der Waals surface area contributed by atoms with E-state index in [2.05, 4.69) is 0 Å². The van der Waals surface area contributed by atoms with Crippen molar-refractivity contribution in [3.05, 3.63) is 47.0 Å². The fourth-order valence-electron chi connectivity index (χ4n) is 3.65. The van der Waals surface area contributed by atoms with Gasteiger partial charge < -0.3 is 19.7 Å². The average Bonchev–Trinajstić information content (AvgIpc) is 2.61. The summed E-state index contributed by atoms with van der Waals surface area (Å²) in [5.41, 5.74) is 2.27. The number of hydrogen-bond acceptors (Lipinski definition) is 5. The molecule has 2 aromatic rings. The summed E-state index contributed by atoms with van der Waals surface area (Å²) in [6.07, 6.45) is 0. The van der Waals surface area contributed by atoms with Crippen LogP contribution in [0.4, 0.5) is 0 Å². The molecule has 0 radical (unpaired) electrons. The zero-order valence-corrected chi connectivity index (χ0v) is 14.7. The Kier molecular flexibility index (Phi) is 4.33. The lowest BCUT2D eigenvalue weighted by Gasteiger charge is -2.36. The third kappa shape index (κ3) is 2.69. The summed E-state index contributed by atoms with van der Waals surface area (Å²) >= 11 is 0. The minimum atomic E-state index is -0.190. The van der Waals surface area contributed by atoms with Crippen LogP contribution in [0.15, 0.2) is 30.3 Å². The lowest BCUT2D eigenvalue weighted by atomic mass is 9.67. The molecule has 1 aliphatic carbocycles. The second-order valence-corrected chi connectivity index (χ2v) is 6.53. The van der Waals surface area contributed by atoms with Crippen molar-refractivity contribution in [3.8, 4) is 23.0 Å². The SMILES string of the molecule is COc1cc([C@@H]2c3cc(OC)c(O)cc3C(=O)[C@@H](C)[C@H]2C)ccc1O. The number of ether oxygens (including phenoxy) is 2. The molecule has 1 aliphatic rings.